The summed E-state index contributed by atoms with van der Waals surface area (Å²) >= 11 is 5.89. The van der Waals surface area contributed by atoms with Crippen LogP contribution in [0.4, 0.5) is 13.2 Å². The van der Waals surface area contributed by atoms with Crippen LogP contribution in [0.25, 0.3) is 0 Å². The van der Waals surface area contributed by atoms with E-state index in [0.29, 0.717) is 10.6 Å². The van der Waals surface area contributed by atoms with Crippen LogP contribution in [0, 0.1) is 6.92 Å². The van der Waals surface area contributed by atoms with Crippen molar-refractivity contribution in [2.75, 3.05) is 0 Å². The van der Waals surface area contributed by atoms with Crippen molar-refractivity contribution in [2.45, 2.75) is 25.6 Å². The zero-order valence-electron chi connectivity index (χ0n) is 12.6. The van der Waals surface area contributed by atoms with Crippen molar-refractivity contribution >= 4 is 17.6 Å². The van der Waals surface area contributed by atoms with Crippen molar-refractivity contribution in [2.24, 2.45) is 0 Å². The molecule has 3 nitrogen and oxygen atoms in total. The summed E-state index contributed by atoms with van der Waals surface area (Å²) in [6.07, 6.45) is -5.99. The lowest BCUT2D eigenvalue weighted by Gasteiger charge is -2.17. The van der Waals surface area contributed by atoms with Gasteiger partial charge in [-0.3, -0.25) is 0 Å². The average molecular weight is 359 g/mol. The molecule has 2 rings (SSSR count). The highest BCUT2D eigenvalue weighted by Gasteiger charge is 2.31. The monoisotopic (exact) mass is 358 g/mol. The van der Waals surface area contributed by atoms with Crippen molar-refractivity contribution in [3.63, 3.8) is 0 Å². The van der Waals surface area contributed by atoms with Crippen molar-refractivity contribution in [3.05, 3.63) is 64.2 Å². The van der Waals surface area contributed by atoms with E-state index in [-0.39, 0.29) is 17.7 Å². The van der Waals surface area contributed by atoms with Gasteiger partial charge >= 0.3 is 12.1 Å². The second kappa shape index (κ2) is 7.13. The molecule has 128 valence electrons. The highest BCUT2D eigenvalue weighted by molar-refractivity contribution is 6.31. The Morgan fingerprint density at radius 1 is 1.25 bits per heavy atom. The third kappa shape index (κ3) is 4.64. The average Bonchev–Trinajstić information content (AvgIpc) is 2.49. The number of halogens is 4. The van der Waals surface area contributed by atoms with Gasteiger partial charge in [-0.05, 0) is 42.3 Å². The molecule has 2 aromatic rings. The molecule has 1 atom stereocenters. The van der Waals surface area contributed by atoms with E-state index in [1.54, 1.807) is 19.1 Å². The number of benzene rings is 2. The number of carboxylic acid groups (broad SMARTS) is 1. The smallest absolute Gasteiger partial charge is 0.416 e. The van der Waals surface area contributed by atoms with Gasteiger partial charge in [-0.2, -0.15) is 13.2 Å². The molecule has 0 radical (unpaired) electrons. The summed E-state index contributed by atoms with van der Waals surface area (Å²) in [5.41, 5.74) is 0.103. The van der Waals surface area contributed by atoms with Crippen LogP contribution in [-0.4, -0.2) is 17.2 Å². The quantitative estimate of drug-likeness (QED) is 0.839. The lowest BCUT2D eigenvalue weighted by Crippen LogP contribution is -2.29. The van der Waals surface area contributed by atoms with E-state index < -0.39 is 23.8 Å². The number of hydrogen-bond donors (Lipinski definition) is 1. The Morgan fingerprint density at radius 2 is 1.96 bits per heavy atom. The molecule has 1 N–H and O–H groups in total. The van der Waals surface area contributed by atoms with Crippen molar-refractivity contribution in [3.8, 4) is 5.75 Å². The minimum Gasteiger partial charge on any atom is -0.478 e. The summed E-state index contributed by atoms with van der Waals surface area (Å²) in [5, 5.41) is 9.78. The molecule has 1 unspecified atom stereocenters. The van der Waals surface area contributed by atoms with E-state index >= 15 is 0 Å². The highest BCUT2D eigenvalue weighted by atomic mass is 35.5. The summed E-state index contributed by atoms with van der Waals surface area (Å²) in [5.74, 6) is -0.976. The molecule has 0 saturated carbocycles. The summed E-state index contributed by atoms with van der Waals surface area (Å²) < 4.78 is 43.6. The van der Waals surface area contributed by atoms with Gasteiger partial charge in [0.15, 0.2) is 6.10 Å². The van der Waals surface area contributed by atoms with E-state index in [1.807, 2.05) is 0 Å². The fourth-order valence-corrected chi connectivity index (χ4v) is 2.24. The molecular weight excluding hydrogens is 345 g/mol. The molecule has 0 aliphatic rings. The third-order valence-corrected chi connectivity index (χ3v) is 3.78. The number of aliphatic carboxylic acids is 1. The first-order valence-electron chi connectivity index (χ1n) is 6.98. The highest BCUT2D eigenvalue weighted by Crippen LogP contribution is 2.30. The number of carboxylic acids is 1. The van der Waals surface area contributed by atoms with Crippen molar-refractivity contribution in [1.29, 1.82) is 0 Å². The van der Waals surface area contributed by atoms with E-state index in [9.17, 15) is 23.1 Å². The van der Waals surface area contributed by atoms with Gasteiger partial charge in [-0.1, -0.05) is 29.8 Å². The fraction of sp³-hybridized carbons (Fsp3) is 0.235. The summed E-state index contributed by atoms with van der Waals surface area (Å²) in [6, 6.07) is 9.18. The number of ether oxygens (including phenoxy) is 1. The zero-order chi connectivity index (χ0) is 17.9. The molecule has 0 aliphatic carbocycles. The lowest BCUT2D eigenvalue weighted by molar-refractivity contribution is -0.145. The molecule has 7 heteroatoms. The number of rotatable bonds is 5. The molecule has 0 amide bonds. The van der Waals surface area contributed by atoms with E-state index in [0.717, 1.165) is 12.1 Å². The molecule has 2 aromatic carbocycles. The first-order chi connectivity index (χ1) is 11.2. The van der Waals surface area contributed by atoms with Gasteiger partial charge in [0.2, 0.25) is 0 Å². The van der Waals surface area contributed by atoms with Gasteiger partial charge in [0.05, 0.1) is 5.56 Å². The first kappa shape index (κ1) is 18.1. The Kier molecular flexibility index (Phi) is 5.39. The molecule has 0 aliphatic heterocycles. The van der Waals surface area contributed by atoms with Crippen LogP contribution in [0.2, 0.25) is 5.02 Å². The first-order valence-corrected chi connectivity index (χ1v) is 7.36. The summed E-state index contributed by atoms with van der Waals surface area (Å²) in [7, 11) is 0. The largest absolute Gasteiger partial charge is 0.478 e. The molecule has 0 aromatic heterocycles. The van der Waals surface area contributed by atoms with Gasteiger partial charge < -0.3 is 9.84 Å². The molecule has 0 bridgehead atoms. The Bertz CT molecular complexity index is 744. The zero-order valence-corrected chi connectivity index (χ0v) is 13.4. The number of aryl methyl sites for hydroxylation is 1. The SMILES string of the molecule is Cc1cc(OC(Cc2cccc(C(F)(F)F)c2)C(=O)O)ccc1Cl. The standard InChI is InChI=1S/C17H14ClF3O3/c1-10-7-13(5-6-14(10)18)24-15(16(22)23)9-11-3-2-4-12(8-11)17(19,20)21/h2-8,15H,9H2,1H3,(H,22,23). The molecular formula is C17H14ClF3O3. The van der Waals surface area contributed by atoms with E-state index in [2.05, 4.69) is 0 Å². The predicted octanol–water partition coefficient (Wildman–Crippen LogP) is 4.74. The van der Waals surface area contributed by atoms with E-state index in [4.69, 9.17) is 16.3 Å². The van der Waals surface area contributed by atoms with Crippen LogP contribution in [0.1, 0.15) is 16.7 Å². The summed E-state index contributed by atoms with van der Waals surface area (Å²) in [4.78, 5) is 11.4. The van der Waals surface area contributed by atoms with Gasteiger partial charge in [0.25, 0.3) is 0 Å². The molecule has 0 saturated heterocycles. The molecule has 24 heavy (non-hydrogen) atoms. The molecule has 0 spiro atoms. The molecule has 0 fully saturated rings. The Hall–Kier alpha value is -2.21. The second-order valence-electron chi connectivity index (χ2n) is 5.26. The van der Waals surface area contributed by atoms with Crippen LogP contribution in [0.15, 0.2) is 42.5 Å². The van der Waals surface area contributed by atoms with Crippen LogP contribution in [-0.2, 0) is 17.4 Å². The number of hydrogen-bond acceptors (Lipinski definition) is 2. The minimum atomic E-state index is -4.48. The topological polar surface area (TPSA) is 46.5 Å². The van der Waals surface area contributed by atoms with E-state index in [1.165, 1.54) is 18.2 Å². The fourth-order valence-electron chi connectivity index (χ4n) is 2.12. The number of alkyl halides is 3. The van der Waals surface area contributed by atoms with Gasteiger partial charge in [0.1, 0.15) is 5.75 Å². The maximum absolute atomic E-state index is 12.7. The lowest BCUT2D eigenvalue weighted by atomic mass is 10.0. The van der Waals surface area contributed by atoms with Crippen molar-refractivity contribution < 1.29 is 27.8 Å². The maximum atomic E-state index is 12.7. The van der Waals surface area contributed by atoms with Crippen LogP contribution in [0.5, 0.6) is 5.75 Å². The summed E-state index contributed by atoms with van der Waals surface area (Å²) in [6.45, 7) is 1.73. The second-order valence-corrected chi connectivity index (χ2v) is 5.67. The normalized spacial score (nSPS) is 12.7. The minimum absolute atomic E-state index is 0.194. The van der Waals surface area contributed by atoms with Crippen LogP contribution < -0.4 is 4.74 Å². The predicted molar refractivity (Wildman–Crippen MR) is 83.4 cm³/mol. The van der Waals surface area contributed by atoms with Gasteiger partial charge in [-0.15, -0.1) is 0 Å². The van der Waals surface area contributed by atoms with Gasteiger partial charge in [0, 0.05) is 11.4 Å². The Morgan fingerprint density at radius 3 is 2.54 bits per heavy atom. The Labute approximate surface area is 141 Å². The van der Waals surface area contributed by atoms with Crippen molar-refractivity contribution in [1.82, 2.24) is 0 Å². The van der Waals surface area contributed by atoms with Crippen LogP contribution in [0.3, 0.4) is 0 Å². The van der Waals surface area contributed by atoms with Gasteiger partial charge in [-0.25, -0.2) is 4.79 Å². The molecule has 0 heterocycles. The third-order valence-electron chi connectivity index (χ3n) is 3.36. The number of carbonyl (C=O) groups is 1. The Balaban J connectivity index is 2.20. The van der Waals surface area contributed by atoms with Crippen LogP contribution >= 0.6 is 11.6 Å². The maximum Gasteiger partial charge on any atom is 0.416 e.